The van der Waals surface area contributed by atoms with Gasteiger partial charge in [0.2, 0.25) is 5.91 Å². The maximum absolute atomic E-state index is 13.0. The SMILES string of the molecule is NC(=O)C(CCc1ccncc1)(NCCC1CCNCC1)c1ccc2ccccc2c1. The number of benzene rings is 2. The number of nitrogens with one attached hydrogen (secondary N) is 2. The summed E-state index contributed by atoms with van der Waals surface area (Å²) in [6.07, 6.45) is 8.38. The van der Waals surface area contributed by atoms with E-state index in [-0.39, 0.29) is 5.91 Å². The van der Waals surface area contributed by atoms with Crippen molar-refractivity contribution in [2.24, 2.45) is 11.7 Å². The molecular formula is C26H32N4O. The van der Waals surface area contributed by atoms with Crippen LogP contribution in [0.1, 0.15) is 36.8 Å². The maximum atomic E-state index is 13.0. The van der Waals surface area contributed by atoms with Crippen molar-refractivity contribution in [2.75, 3.05) is 19.6 Å². The molecule has 2 aromatic carbocycles. The van der Waals surface area contributed by atoms with E-state index in [2.05, 4.69) is 45.9 Å². The monoisotopic (exact) mass is 416 g/mol. The zero-order valence-corrected chi connectivity index (χ0v) is 18.0. The predicted octanol–water partition coefficient (Wildman–Crippen LogP) is 3.53. The molecule has 3 aromatic rings. The summed E-state index contributed by atoms with van der Waals surface area (Å²) in [5.41, 5.74) is 7.30. The molecule has 1 aromatic heterocycles. The molecule has 1 atom stereocenters. The smallest absolute Gasteiger partial charge is 0.242 e. The number of carbonyl (C=O) groups excluding carboxylic acids is 1. The van der Waals surface area contributed by atoms with Crippen LogP contribution < -0.4 is 16.4 Å². The van der Waals surface area contributed by atoms with Crippen LogP contribution in [0.15, 0.2) is 67.0 Å². The Morgan fingerprint density at radius 1 is 1.06 bits per heavy atom. The summed E-state index contributed by atoms with van der Waals surface area (Å²) in [4.78, 5) is 17.1. The molecule has 162 valence electrons. The first-order valence-electron chi connectivity index (χ1n) is 11.3. The average molecular weight is 417 g/mol. The summed E-state index contributed by atoms with van der Waals surface area (Å²) in [5.74, 6) is 0.373. The van der Waals surface area contributed by atoms with Gasteiger partial charge in [-0.15, -0.1) is 0 Å². The normalized spacial score (nSPS) is 16.8. The third kappa shape index (κ3) is 5.12. The van der Waals surface area contributed by atoms with Crippen molar-refractivity contribution in [2.45, 2.75) is 37.6 Å². The van der Waals surface area contributed by atoms with Crippen molar-refractivity contribution in [1.29, 1.82) is 0 Å². The van der Waals surface area contributed by atoms with Crippen LogP contribution in [-0.4, -0.2) is 30.5 Å². The minimum atomic E-state index is -0.903. The molecule has 0 aliphatic carbocycles. The van der Waals surface area contributed by atoms with E-state index >= 15 is 0 Å². The molecule has 0 spiro atoms. The number of rotatable bonds is 9. The van der Waals surface area contributed by atoms with Crippen LogP contribution in [0.2, 0.25) is 0 Å². The molecule has 31 heavy (non-hydrogen) atoms. The molecule has 2 heterocycles. The van der Waals surface area contributed by atoms with E-state index in [0.29, 0.717) is 12.3 Å². The Labute approximate surface area is 184 Å². The molecule has 1 unspecified atom stereocenters. The molecule has 5 heteroatoms. The lowest BCUT2D eigenvalue weighted by Gasteiger charge is -2.34. The van der Waals surface area contributed by atoms with Gasteiger partial charge >= 0.3 is 0 Å². The number of hydrogen-bond donors (Lipinski definition) is 3. The van der Waals surface area contributed by atoms with Crippen LogP contribution in [0.4, 0.5) is 0 Å². The van der Waals surface area contributed by atoms with Gasteiger partial charge in [0.15, 0.2) is 0 Å². The van der Waals surface area contributed by atoms with Gasteiger partial charge < -0.3 is 11.1 Å². The number of pyridine rings is 1. The van der Waals surface area contributed by atoms with Crippen LogP contribution in [0.3, 0.4) is 0 Å². The second-order valence-electron chi connectivity index (χ2n) is 8.60. The number of aryl methyl sites for hydroxylation is 1. The molecule has 5 nitrogen and oxygen atoms in total. The molecule has 4 rings (SSSR count). The number of primary amides is 1. The quantitative estimate of drug-likeness (QED) is 0.499. The van der Waals surface area contributed by atoms with Crippen molar-refractivity contribution >= 4 is 16.7 Å². The number of nitrogens with two attached hydrogens (primary N) is 1. The maximum Gasteiger partial charge on any atom is 0.242 e. The molecule has 1 aliphatic rings. The second kappa shape index (κ2) is 10.0. The summed E-state index contributed by atoms with van der Waals surface area (Å²) in [5, 5.41) is 9.32. The van der Waals surface area contributed by atoms with Gasteiger partial charge in [0.05, 0.1) is 0 Å². The Hall–Kier alpha value is -2.76. The molecule has 0 saturated carbocycles. The Kier molecular flexibility index (Phi) is 6.95. The van der Waals surface area contributed by atoms with Crippen molar-refractivity contribution < 1.29 is 4.79 Å². The van der Waals surface area contributed by atoms with E-state index in [1.807, 2.05) is 24.3 Å². The van der Waals surface area contributed by atoms with Gasteiger partial charge in [0.1, 0.15) is 5.54 Å². The number of carbonyl (C=O) groups is 1. The Morgan fingerprint density at radius 2 is 1.81 bits per heavy atom. The summed E-state index contributed by atoms with van der Waals surface area (Å²) in [6.45, 7) is 2.94. The van der Waals surface area contributed by atoms with Gasteiger partial charge in [-0.05, 0) is 97.8 Å². The van der Waals surface area contributed by atoms with Gasteiger partial charge in [0, 0.05) is 12.4 Å². The highest BCUT2D eigenvalue weighted by Gasteiger charge is 2.38. The van der Waals surface area contributed by atoms with E-state index in [1.165, 1.54) is 12.8 Å². The van der Waals surface area contributed by atoms with E-state index in [4.69, 9.17) is 5.73 Å². The van der Waals surface area contributed by atoms with Crippen LogP contribution in [0.5, 0.6) is 0 Å². The van der Waals surface area contributed by atoms with Crippen LogP contribution in [0, 0.1) is 5.92 Å². The standard InChI is InChI=1S/C26H32N4O/c27-25(31)26(13-7-20-8-14-28-15-9-20,30-18-12-21-10-16-29-17-11-21)24-6-5-22-3-1-2-4-23(22)19-24/h1-6,8-9,14-15,19,21,29-30H,7,10-13,16-18H2,(H2,27,31). The Balaban J connectivity index is 1.61. The number of fused-ring (bicyclic) bond motifs is 1. The first-order chi connectivity index (χ1) is 15.2. The lowest BCUT2D eigenvalue weighted by Crippen LogP contribution is -2.53. The number of amides is 1. The molecular weight excluding hydrogens is 384 g/mol. The first-order valence-corrected chi connectivity index (χ1v) is 11.3. The lowest BCUT2D eigenvalue weighted by molar-refractivity contribution is -0.125. The van der Waals surface area contributed by atoms with Gasteiger partial charge in [0.25, 0.3) is 0 Å². The van der Waals surface area contributed by atoms with Crippen LogP contribution in [-0.2, 0) is 16.8 Å². The number of nitrogens with zero attached hydrogens (tertiary/aromatic N) is 1. The summed E-state index contributed by atoms with van der Waals surface area (Å²) in [7, 11) is 0. The lowest BCUT2D eigenvalue weighted by atomic mass is 9.82. The van der Waals surface area contributed by atoms with Crippen molar-refractivity contribution in [3.8, 4) is 0 Å². The van der Waals surface area contributed by atoms with E-state index in [1.54, 1.807) is 12.4 Å². The molecule has 0 radical (unpaired) electrons. The fourth-order valence-electron chi connectivity index (χ4n) is 4.68. The second-order valence-corrected chi connectivity index (χ2v) is 8.60. The van der Waals surface area contributed by atoms with Gasteiger partial charge in [-0.1, -0.05) is 36.4 Å². The fourth-order valence-corrected chi connectivity index (χ4v) is 4.68. The van der Waals surface area contributed by atoms with E-state index in [0.717, 1.165) is 54.4 Å². The molecule has 1 aliphatic heterocycles. The average Bonchev–Trinajstić information content (AvgIpc) is 2.82. The highest BCUT2D eigenvalue weighted by Crippen LogP contribution is 2.30. The zero-order chi connectivity index (χ0) is 21.5. The third-order valence-electron chi connectivity index (χ3n) is 6.64. The Bertz CT molecular complexity index is 1000. The molecule has 1 amide bonds. The molecule has 1 saturated heterocycles. The van der Waals surface area contributed by atoms with Gasteiger partial charge in [-0.25, -0.2) is 0 Å². The largest absolute Gasteiger partial charge is 0.368 e. The number of aromatic nitrogens is 1. The van der Waals surface area contributed by atoms with Crippen molar-refractivity contribution in [3.63, 3.8) is 0 Å². The highest BCUT2D eigenvalue weighted by atomic mass is 16.1. The number of piperidine rings is 1. The molecule has 0 bridgehead atoms. The van der Waals surface area contributed by atoms with Crippen LogP contribution >= 0.6 is 0 Å². The van der Waals surface area contributed by atoms with Crippen LogP contribution in [0.25, 0.3) is 10.8 Å². The van der Waals surface area contributed by atoms with Gasteiger partial charge in [-0.2, -0.15) is 0 Å². The van der Waals surface area contributed by atoms with E-state index < -0.39 is 5.54 Å². The topological polar surface area (TPSA) is 80.0 Å². The minimum Gasteiger partial charge on any atom is -0.368 e. The zero-order valence-electron chi connectivity index (χ0n) is 18.0. The predicted molar refractivity (Wildman–Crippen MR) is 126 cm³/mol. The highest BCUT2D eigenvalue weighted by molar-refractivity contribution is 5.89. The Morgan fingerprint density at radius 3 is 2.55 bits per heavy atom. The first kappa shape index (κ1) is 21.5. The fraction of sp³-hybridized carbons (Fsp3) is 0.385. The van der Waals surface area contributed by atoms with Gasteiger partial charge in [-0.3, -0.25) is 15.1 Å². The molecule has 4 N–H and O–H groups in total. The van der Waals surface area contributed by atoms with Crippen molar-refractivity contribution in [3.05, 3.63) is 78.1 Å². The van der Waals surface area contributed by atoms with Crippen molar-refractivity contribution in [1.82, 2.24) is 15.6 Å². The minimum absolute atomic E-state index is 0.317. The number of hydrogen-bond acceptors (Lipinski definition) is 4. The molecule has 1 fully saturated rings. The third-order valence-corrected chi connectivity index (χ3v) is 6.64. The summed E-state index contributed by atoms with van der Waals surface area (Å²) < 4.78 is 0. The summed E-state index contributed by atoms with van der Waals surface area (Å²) in [6, 6.07) is 18.5. The summed E-state index contributed by atoms with van der Waals surface area (Å²) >= 11 is 0. The van der Waals surface area contributed by atoms with E-state index in [9.17, 15) is 4.79 Å².